The first-order valence-electron chi connectivity index (χ1n) is 7.09. The van der Waals surface area contributed by atoms with E-state index in [2.05, 4.69) is 11.6 Å². The molecule has 0 radical (unpaired) electrons. The molecule has 0 aliphatic carbocycles. The molecule has 116 valence electrons. The van der Waals surface area contributed by atoms with Crippen LogP contribution in [-0.4, -0.2) is 42.7 Å². The van der Waals surface area contributed by atoms with Gasteiger partial charge >= 0.3 is 0 Å². The highest BCUT2D eigenvalue weighted by Crippen LogP contribution is 2.36. The van der Waals surface area contributed by atoms with Crippen molar-refractivity contribution >= 4 is 0 Å². The van der Waals surface area contributed by atoms with Crippen molar-refractivity contribution in [1.82, 2.24) is 9.88 Å². The normalized spacial score (nSPS) is 13.7. The van der Waals surface area contributed by atoms with Gasteiger partial charge in [-0.05, 0) is 55.1 Å². The summed E-state index contributed by atoms with van der Waals surface area (Å²) in [4.78, 5) is 6.01. The topological polar surface area (TPSA) is 45.6 Å². The minimum absolute atomic E-state index is 0.574. The van der Waals surface area contributed by atoms with Gasteiger partial charge in [-0.25, -0.2) is 0 Å². The highest BCUT2D eigenvalue weighted by Gasteiger charge is 2.34. The van der Waals surface area contributed by atoms with E-state index in [0.717, 1.165) is 16.9 Å². The highest BCUT2D eigenvalue weighted by molar-refractivity contribution is 5.45. The molecule has 0 bridgehead atoms. The SMILES string of the molecule is C=C(CN(C)C)C(O)(c1ccncc1)c1ccc(OC)cc1. The molecule has 4 heteroatoms. The van der Waals surface area contributed by atoms with Crippen LogP contribution in [0.3, 0.4) is 0 Å². The molecule has 1 heterocycles. The molecule has 0 amide bonds. The zero-order chi connectivity index (χ0) is 16.2. The van der Waals surface area contributed by atoms with Crippen LogP contribution in [0.2, 0.25) is 0 Å². The van der Waals surface area contributed by atoms with Gasteiger partial charge in [0, 0.05) is 18.9 Å². The zero-order valence-corrected chi connectivity index (χ0v) is 13.3. The van der Waals surface area contributed by atoms with Gasteiger partial charge in [-0.1, -0.05) is 18.7 Å². The van der Waals surface area contributed by atoms with Gasteiger partial charge in [-0.3, -0.25) is 4.98 Å². The van der Waals surface area contributed by atoms with Crippen LogP contribution in [0.5, 0.6) is 5.75 Å². The minimum Gasteiger partial charge on any atom is -0.497 e. The Balaban J connectivity index is 2.51. The van der Waals surface area contributed by atoms with Crippen molar-refractivity contribution in [2.75, 3.05) is 27.7 Å². The van der Waals surface area contributed by atoms with E-state index in [9.17, 15) is 5.11 Å². The van der Waals surface area contributed by atoms with Gasteiger partial charge in [0.1, 0.15) is 11.4 Å². The summed E-state index contributed by atoms with van der Waals surface area (Å²) in [5, 5.41) is 11.4. The smallest absolute Gasteiger partial charge is 0.137 e. The van der Waals surface area contributed by atoms with E-state index in [0.29, 0.717) is 12.1 Å². The van der Waals surface area contributed by atoms with Crippen LogP contribution in [0.1, 0.15) is 11.1 Å². The summed E-state index contributed by atoms with van der Waals surface area (Å²) in [6.07, 6.45) is 3.35. The fourth-order valence-electron chi connectivity index (χ4n) is 2.50. The Morgan fingerprint density at radius 2 is 1.68 bits per heavy atom. The van der Waals surface area contributed by atoms with E-state index in [1.54, 1.807) is 19.5 Å². The van der Waals surface area contributed by atoms with Gasteiger partial charge < -0.3 is 14.7 Å². The third-order valence-corrected chi connectivity index (χ3v) is 3.62. The van der Waals surface area contributed by atoms with Crippen molar-refractivity contribution in [3.8, 4) is 5.75 Å². The predicted octanol–water partition coefficient (Wildman–Crippen LogP) is 2.44. The molecule has 1 atom stereocenters. The monoisotopic (exact) mass is 298 g/mol. The molecule has 0 fully saturated rings. The predicted molar refractivity (Wildman–Crippen MR) is 87.9 cm³/mol. The molecule has 1 N–H and O–H groups in total. The second-order valence-electron chi connectivity index (χ2n) is 5.52. The lowest BCUT2D eigenvalue weighted by Gasteiger charge is -2.33. The number of aromatic nitrogens is 1. The first-order chi connectivity index (χ1) is 10.5. The van der Waals surface area contributed by atoms with Crippen LogP contribution in [0.4, 0.5) is 0 Å². The van der Waals surface area contributed by atoms with Crippen LogP contribution in [0, 0.1) is 0 Å². The molecule has 1 unspecified atom stereocenters. The summed E-state index contributed by atoms with van der Waals surface area (Å²) in [5.41, 5.74) is 0.944. The van der Waals surface area contributed by atoms with Crippen LogP contribution >= 0.6 is 0 Å². The maximum Gasteiger partial charge on any atom is 0.137 e. The molecule has 0 saturated heterocycles. The van der Waals surface area contributed by atoms with Crippen LogP contribution in [0.15, 0.2) is 60.9 Å². The quantitative estimate of drug-likeness (QED) is 0.832. The number of methoxy groups -OCH3 is 1. The number of ether oxygens (including phenoxy) is 1. The van der Waals surface area contributed by atoms with Crippen molar-refractivity contribution in [2.45, 2.75) is 5.60 Å². The summed E-state index contributed by atoms with van der Waals surface area (Å²) in [6.45, 7) is 4.69. The van der Waals surface area contributed by atoms with Gasteiger partial charge in [-0.2, -0.15) is 0 Å². The van der Waals surface area contributed by atoms with Gasteiger partial charge in [0.05, 0.1) is 7.11 Å². The van der Waals surface area contributed by atoms with Gasteiger partial charge in [0.2, 0.25) is 0 Å². The van der Waals surface area contributed by atoms with Crippen LogP contribution < -0.4 is 4.74 Å². The number of hydrogen-bond donors (Lipinski definition) is 1. The van der Waals surface area contributed by atoms with E-state index in [1.807, 2.05) is 55.4 Å². The first-order valence-corrected chi connectivity index (χ1v) is 7.09. The largest absolute Gasteiger partial charge is 0.497 e. The number of hydrogen-bond acceptors (Lipinski definition) is 4. The van der Waals surface area contributed by atoms with Crippen LogP contribution in [-0.2, 0) is 5.60 Å². The average Bonchev–Trinajstić information content (AvgIpc) is 2.54. The molecule has 0 saturated carbocycles. The fraction of sp³-hybridized carbons (Fsp3) is 0.278. The summed E-state index contributed by atoms with van der Waals surface area (Å²) < 4.78 is 5.19. The number of benzene rings is 1. The maximum atomic E-state index is 11.4. The molecule has 0 aliphatic rings. The molecule has 1 aromatic heterocycles. The lowest BCUT2D eigenvalue weighted by molar-refractivity contribution is 0.113. The lowest BCUT2D eigenvalue weighted by Crippen LogP contribution is -2.34. The van der Waals surface area contributed by atoms with Crippen molar-refractivity contribution in [3.63, 3.8) is 0 Å². The van der Waals surface area contributed by atoms with Crippen molar-refractivity contribution in [2.24, 2.45) is 0 Å². The van der Waals surface area contributed by atoms with E-state index < -0.39 is 5.60 Å². The van der Waals surface area contributed by atoms with E-state index in [4.69, 9.17) is 4.74 Å². The molecular weight excluding hydrogens is 276 g/mol. The molecular formula is C18H22N2O2. The third kappa shape index (κ3) is 3.18. The number of pyridine rings is 1. The van der Waals surface area contributed by atoms with E-state index in [1.165, 1.54) is 0 Å². The Labute approximate surface area is 131 Å². The maximum absolute atomic E-state index is 11.4. The average molecular weight is 298 g/mol. The number of rotatable bonds is 6. The van der Waals surface area contributed by atoms with Gasteiger partial charge in [0.25, 0.3) is 0 Å². The molecule has 1 aromatic carbocycles. The van der Waals surface area contributed by atoms with E-state index in [-0.39, 0.29) is 0 Å². The summed E-state index contributed by atoms with van der Waals surface area (Å²) in [7, 11) is 5.52. The molecule has 22 heavy (non-hydrogen) atoms. The van der Waals surface area contributed by atoms with Crippen molar-refractivity contribution in [3.05, 3.63) is 72.1 Å². The van der Waals surface area contributed by atoms with Crippen molar-refractivity contribution < 1.29 is 9.84 Å². The first kappa shape index (κ1) is 16.2. The Morgan fingerprint density at radius 1 is 1.14 bits per heavy atom. The standard InChI is InChI=1S/C18H22N2O2/c1-14(13-20(2)3)18(21,16-9-11-19-12-10-16)15-5-7-17(22-4)8-6-15/h5-12,21H,1,13H2,2-4H3. The molecule has 0 aliphatic heterocycles. The minimum atomic E-state index is -1.26. The Bertz CT molecular complexity index is 623. The second kappa shape index (κ2) is 6.73. The molecule has 0 spiro atoms. The summed E-state index contributed by atoms with van der Waals surface area (Å²) >= 11 is 0. The Morgan fingerprint density at radius 3 is 2.18 bits per heavy atom. The zero-order valence-electron chi connectivity index (χ0n) is 13.3. The summed E-state index contributed by atoms with van der Waals surface area (Å²) in [5.74, 6) is 0.749. The number of aliphatic hydroxyl groups is 1. The second-order valence-corrected chi connectivity index (χ2v) is 5.52. The lowest BCUT2D eigenvalue weighted by atomic mass is 9.81. The van der Waals surface area contributed by atoms with Crippen LogP contribution in [0.25, 0.3) is 0 Å². The fourth-order valence-corrected chi connectivity index (χ4v) is 2.50. The molecule has 4 nitrogen and oxygen atoms in total. The molecule has 2 rings (SSSR count). The third-order valence-electron chi connectivity index (χ3n) is 3.62. The number of likely N-dealkylation sites (N-methyl/N-ethyl adjacent to an activating group) is 1. The van der Waals surface area contributed by atoms with Gasteiger partial charge in [0.15, 0.2) is 0 Å². The van der Waals surface area contributed by atoms with Crippen molar-refractivity contribution in [1.29, 1.82) is 0 Å². The highest BCUT2D eigenvalue weighted by atomic mass is 16.5. The van der Waals surface area contributed by atoms with E-state index >= 15 is 0 Å². The van der Waals surface area contributed by atoms with Gasteiger partial charge in [-0.15, -0.1) is 0 Å². The summed E-state index contributed by atoms with van der Waals surface area (Å²) in [6, 6.07) is 11.0. The molecule has 2 aromatic rings. The Hall–Kier alpha value is -2.17. The Kier molecular flexibility index (Phi) is 4.96. The number of nitrogens with zero attached hydrogens (tertiary/aromatic N) is 2.